The number of hydrogen-bond acceptors (Lipinski definition) is 3. The monoisotopic (exact) mass is 432 g/mol. The molecule has 0 radical (unpaired) electrons. The van der Waals surface area contributed by atoms with Crippen LogP contribution in [0.25, 0.3) is 17.2 Å². The number of thioether (sulfide) groups is 1. The van der Waals surface area contributed by atoms with E-state index in [9.17, 15) is 4.79 Å². The summed E-state index contributed by atoms with van der Waals surface area (Å²) in [4.78, 5) is 19.7. The fourth-order valence-electron chi connectivity index (χ4n) is 3.28. The number of amidine groups is 1. The molecule has 30 heavy (non-hydrogen) atoms. The minimum absolute atomic E-state index is 0.0426. The topological polar surface area (TPSA) is 32.7 Å². The van der Waals surface area contributed by atoms with E-state index in [0.29, 0.717) is 10.1 Å². The van der Waals surface area contributed by atoms with Crippen molar-refractivity contribution in [1.82, 2.24) is 4.90 Å². The van der Waals surface area contributed by atoms with Crippen LogP contribution in [0.1, 0.15) is 16.7 Å². The summed E-state index contributed by atoms with van der Waals surface area (Å²) in [6, 6.07) is 22.0. The number of halogens is 1. The number of aryl methyl sites for hydroxylation is 2. The molecule has 4 rings (SSSR count). The van der Waals surface area contributed by atoms with Crippen molar-refractivity contribution in [2.75, 3.05) is 7.05 Å². The van der Waals surface area contributed by atoms with E-state index < -0.39 is 0 Å². The van der Waals surface area contributed by atoms with Gasteiger partial charge >= 0.3 is 0 Å². The Balaban J connectivity index is 1.63. The standard InChI is InChI=1S/C25H21ClN2OS/c1-16-7-10-21(11-8-16)27-25-28(3)24(29)23(30-25)15-18-5-4-6-19(14-18)22-12-9-20(26)13-17(22)2/h4-15H,1-3H3. The molecule has 0 aliphatic carbocycles. The van der Waals surface area contributed by atoms with E-state index in [1.54, 1.807) is 11.9 Å². The predicted molar refractivity (Wildman–Crippen MR) is 128 cm³/mol. The molecular weight excluding hydrogens is 412 g/mol. The lowest BCUT2D eigenvalue weighted by Crippen LogP contribution is -2.23. The van der Waals surface area contributed by atoms with Gasteiger partial charge in [-0.05, 0) is 84.3 Å². The molecule has 0 aromatic heterocycles. The Hall–Kier alpha value is -2.82. The summed E-state index contributed by atoms with van der Waals surface area (Å²) in [5, 5.41) is 1.41. The molecule has 1 amide bonds. The van der Waals surface area contributed by atoms with E-state index in [1.807, 2.05) is 74.5 Å². The average molecular weight is 433 g/mol. The van der Waals surface area contributed by atoms with Crippen LogP contribution >= 0.6 is 23.4 Å². The average Bonchev–Trinajstić information content (AvgIpc) is 2.98. The van der Waals surface area contributed by atoms with Gasteiger partial charge in [0, 0.05) is 12.1 Å². The fourth-order valence-corrected chi connectivity index (χ4v) is 4.49. The van der Waals surface area contributed by atoms with E-state index >= 15 is 0 Å². The number of hydrogen-bond donors (Lipinski definition) is 0. The normalized spacial score (nSPS) is 16.7. The van der Waals surface area contributed by atoms with Crippen LogP contribution in [0, 0.1) is 13.8 Å². The molecule has 1 aliphatic rings. The van der Waals surface area contributed by atoms with Crippen molar-refractivity contribution < 1.29 is 4.79 Å². The Morgan fingerprint density at radius 2 is 1.77 bits per heavy atom. The Labute approximate surface area is 186 Å². The molecule has 1 saturated heterocycles. The van der Waals surface area contributed by atoms with E-state index in [-0.39, 0.29) is 5.91 Å². The summed E-state index contributed by atoms with van der Waals surface area (Å²) >= 11 is 7.49. The number of benzene rings is 3. The third-order valence-corrected chi connectivity index (χ3v) is 6.24. The lowest BCUT2D eigenvalue weighted by Gasteiger charge is -2.08. The molecule has 1 fully saturated rings. The summed E-state index contributed by atoms with van der Waals surface area (Å²) in [5.74, 6) is -0.0426. The van der Waals surface area contributed by atoms with Gasteiger partial charge in [0.15, 0.2) is 5.17 Å². The molecule has 1 aliphatic heterocycles. The van der Waals surface area contributed by atoms with Crippen molar-refractivity contribution in [2.45, 2.75) is 13.8 Å². The number of carbonyl (C=O) groups excluding carboxylic acids is 1. The van der Waals surface area contributed by atoms with E-state index in [0.717, 1.165) is 33.0 Å². The van der Waals surface area contributed by atoms with Crippen LogP contribution in [-0.4, -0.2) is 23.0 Å². The van der Waals surface area contributed by atoms with Crippen LogP contribution in [0.4, 0.5) is 5.69 Å². The first kappa shape index (κ1) is 20.5. The number of amides is 1. The maximum atomic E-state index is 12.8. The SMILES string of the molecule is Cc1ccc(N=C2SC(=Cc3cccc(-c4ccc(Cl)cc4C)c3)C(=O)N2C)cc1. The Kier molecular flexibility index (Phi) is 5.80. The van der Waals surface area contributed by atoms with Gasteiger partial charge in [0.25, 0.3) is 5.91 Å². The maximum Gasteiger partial charge on any atom is 0.266 e. The zero-order chi connectivity index (χ0) is 21.3. The van der Waals surface area contributed by atoms with Gasteiger partial charge in [0.1, 0.15) is 0 Å². The molecule has 0 atom stereocenters. The van der Waals surface area contributed by atoms with Gasteiger partial charge in [-0.25, -0.2) is 4.99 Å². The fraction of sp³-hybridized carbons (Fsp3) is 0.120. The highest BCUT2D eigenvalue weighted by Crippen LogP contribution is 2.34. The van der Waals surface area contributed by atoms with Gasteiger partial charge in [-0.1, -0.05) is 53.6 Å². The predicted octanol–water partition coefficient (Wildman–Crippen LogP) is 6.86. The van der Waals surface area contributed by atoms with Crippen molar-refractivity contribution in [3.8, 4) is 11.1 Å². The second-order valence-electron chi connectivity index (χ2n) is 7.29. The van der Waals surface area contributed by atoms with Gasteiger partial charge < -0.3 is 0 Å². The van der Waals surface area contributed by atoms with Crippen LogP contribution in [0.3, 0.4) is 0 Å². The smallest absolute Gasteiger partial charge is 0.266 e. The van der Waals surface area contributed by atoms with Gasteiger partial charge in [-0.3, -0.25) is 9.69 Å². The summed E-state index contributed by atoms with van der Waals surface area (Å²) in [5.41, 5.74) is 6.33. The van der Waals surface area contributed by atoms with E-state index in [1.165, 1.54) is 17.3 Å². The molecule has 0 N–H and O–H groups in total. The second-order valence-corrected chi connectivity index (χ2v) is 8.73. The number of aliphatic imine (C=N–C) groups is 1. The molecular formula is C25H21ClN2OS. The Bertz CT molecular complexity index is 1180. The highest BCUT2D eigenvalue weighted by Gasteiger charge is 2.30. The van der Waals surface area contributed by atoms with Crippen LogP contribution in [0.5, 0.6) is 0 Å². The van der Waals surface area contributed by atoms with E-state index in [2.05, 4.69) is 17.1 Å². The highest BCUT2D eigenvalue weighted by molar-refractivity contribution is 8.18. The van der Waals surface area contributed by atoms with Crippen molar-refractivity contribution in [3.05, 3.63) is 93.3 Å². The first-order valence-corrected chi connectivity index (χ1v) is 10.8. The lowest BCUT2D eigenvalue weighted by atomic mass is 9.99. The molecule has 0 unspecified atom stereocenters. The zero-order valence-corrected chi connectivity index (χ0v) is 18.6. The molecule has 5 heteroatoms. The van der Waals surface area contributed by atoms with Crippen molar-refractivity contribution in [3.63, 3.8) is 0 Å². The third kappa shape index (κ3) is 4.35. The summed E-state index contributed by atoms with van der Waals surface area (Å²) in [6.45, 7) is 4.09. The van der Waals surface area contributed by atoms with Crippen LogP contribution in [-0.2, 0) is 4.79 Å². The molecule has 0 bridgehead atoms. The molecule has 150 valence electrons. The van der Waals surface area contributed by atoms with Crippen LogP contribution in [0.2, 0.25) is 5.02 Å². The van der Waals surface area contributed by atoms with E-state index in [4.69, 9.17) is 11.6 Å². The Morgan fingerprint density at radius 3 is 2.50 bits per heavy atom. The minimum atomic E-state index is -0.0426. The van der Waals surface area contributed by atoms with Gasteiger partial charge in [0.2, 0.25) is 0 Å². The number of likely N-dealkylation sites (N-methyl/N-ethyl adjacent to an activating group) is 1. The summed E-state index contributed by atoms with van der Waals surface area (Å²) in [6.07, 6.45) is 1.93. The number of rotatable bonds is 3. The van der Waals surface area contributed by atoms with Gasteiger partial charge in [-0.2, -0.15) is 0 Å². The van der Waals surface area contributed by atoms with Crippen LogP contribution in [0.15, 0.2) is 76.6 Å². The van der Waals surface area contributed by atoms with Crippen molar-refractivity contribution >= 4 is 46.2 Å². The van der Waals surface area contributed by atoms with Gasteiger partial charge in [0.05, 0.1) is 10.6 Å². The molecule has 3 aromatic carbocycles. The molecule has 0 saturated carbocycles. The van der Waals surface area contributed by atoms with Gasteiger partial charge in [-0.15, -0.1) is 0 Å². The Morgan fingerprint density at radius 1 is 1.00 bits per heavy atom. The largest absolute Gasteiger partial charge is 0.290 e. The third-order valence-electron chi connectivity index (χ3n) is 4.95. The highest BCUT2D eigenvalue weighted by atomic mass is 35.5. The lowest BCUT2D eigenvalue weighted by molar-refractivity contribution is -0.121. The quantitative estimate of drug-likeness (QED) is 0.423. The maximum absolute atomic E-state index is 12.8. The molecule has 1 heterocycles. The number of nitrogens with zero attached hydrogens (tertiary/aromatic N) is 2. The van der Waals surface area contributed by atoms with Crippen LogP contribution < -0.4 is 0 Å². The number of carbonyl (C=O) groups is 1. The van der Waals surface area contributed by atoms with Crippen molar-refractivity contribution in [2.24, 2.45) is 4.99 Å². The summed E-state index contributed by atoms with van der Waals surface area (Å²) < 4.78 is 0. The second kappa shape index (κ2) is 8.50. The summed E-state index contributed by atoms with van der Waals surface area (Å²) in [7, 11) is 1.76. The molecule has 0 spiro atoms. The molecule has 3 nitrogen and oxygen atoms in total. The van der Waals surface area contributed by atoms with Crippen molar-refractivity contribution in [1.29, 1.82) is 0 Å². The minimum Gasteiger partial charge on any atom is -0.290 e. The molecule has 3 aromatic rings. The first-order valence-electron chi connectivity index (χ1n) is 9.60. The first-order chi connectivity index (χ1) is 14.4. The zero-order valence-electron chi connectivity index (χ0n) is 17.0.